The lowest BCUT2D eigenvalue weighted by Crippen LogP contribution is -2.22. The van der Waals surface area contributed by atoms with Crippen LogP contribution in [0.4, 0.5) is 0 Å². The third kappa shape index (κ3) is 3.48. The third-order valence-electron chi connectivity index (χ3n) is 3.32. The molecule has 0 aliphatic rings. The molecule has 0 aliphatic carbocycles. The number of rotatable bonds is 7. The quantitative estimate of drug-likeness (QED) is 0.591. The van der Waals surface area contributed by atoms with E-state index in [1.807, 2.05) is 6.08 Å². The van der Waals surface area contributed by atoms with E-state index < -0.39 is 0 Å². The fourth-order valence-corrected chi connectivity index (χ4v) is 2.43. The SMILES string of the molecule is C=CCn1cc(CCNCC(C)C)c2ccccc21. The minimum absolute atomic E-state index is 0.710. The monoisotopic (exact) mass is 256 g/mol. The number of hydrogen-bond acceptors (Lipinski definition) is 1. The largest absolute Gasteiger partial charge is 0.343 e. The predicted octanol–water partition coefficient (Wildman–Crippen LogP) is 3.62. The number of allylic oxidation sites excluding steroid dienone is 1. The highest BCUT2D eigenvalue weighted by Gasteiger charge is 2.06. The van der Waals surface area contributed by atoms with E-state index in [4.69, 9.17) is 0 Å². The van der Waals surface area contributed by atoms with Crippen molar-refractivity contribution in [3.8, 4) is 0 Å². The zero-order valence-electron chi connectivity index (χ0n) is 12.0. The van der Waals surface area contributed by atoms with Crippen LogP contribution < -0.4 is 5.32 Å². The highest BCUT2D eigenvalue weighted by atomic mass is 15.0. The van der Waals surface area contributed by atoms with Gasteiger partial charge < -0.3 is 9.88 Å². The summed E-state index contributed by atoms with van der Waals surface area (Å²) in [4.78, 5) is 0. The van der Waals surface area contributed by atoms with E-state index >= 15 is 0 Å². The fraction of sp³-hybridized carbons (Fsp3) is 0.412. The third-order valence-corrected chi connectivity index (χ3v) is 3.32. The van der Waals surface area contributed by atoms with E-state index in [1.54, 1.807) is 0 Å². The standard InChI is InChI=1S/C17H24N2/c1-4-11-19-13-15(9-10-18-12-14(2)3)16-7-5-6-8-17(16)19/h4-8,13-14,18H,1,9-12H2,2-3H3. The first-order valence-electron chi connectivity index (χ1n) is 7.10. The maximum absolute atomic E-state index is 3.83. The molecule has 0 aliphatic heterocycles. The zero-order chi connectivity index (χ0) is 13.7. The average Bonchev–Trinajstić information content (AvgIpc) is 2.74. The van der Waals surface area contributed by atoms with Crippen LogP contribution in [0.2, 0.25) is 0 Å². The number of hydrogen-bond donors (Lipinski definition) is 1. The summed E-state index contributed by atoms with van der Waals surface area (Å²) in [6, 6.07) is 8.62. The van der Waals surface area contributed by atoms with Crippen molar-refractivity contribution in [2.45, 2.75) is 26.8 Å². The molecule has 0 spiro atoms. The topological polar surface area (TPSA) is 17.0 Å². The van der Waals surface area contributed by atoms with Crippen molar-refractivity contribution in [3.63, 3.8) is 0 Å². The highest BCUT2D eigenvalue weighted by molar-refractivity contribution is 5.84. The second-order valence-electron chi connectivity index (χ2n) is 5.46. The van der Waals surface area contributed by atoms with Gasteiger partial charge in [0.1, 0.15) is 0 Å². The number of para-hydroxylation sites is 1. The first-order valence-corrected chi connectivity index (χ1v) is 7.10. The Bertz CT molecular complexity index is 537. The van der Waals surface area contributed by atoms with Crippen molar-refractivity contribution in [1.82, 2.24) is 9.88 Å². The molecular weight excluding hydrogens is 232 g/mol. The van der Waals surface area contributed by atoms with E-state index in [0.717, 1.165) is 26.1 Å². The summed E-state index contributed by atoms with van der Waals surface area (Å²) < 4.78 is 2.28. The Morgan fingerprint density at radius 3 is 2.84 bits per heavy atom. The number of benzene rings is 1. The van der Waals surface area contributed by atoms with Crippen LogP contribution in [-0.2, 0) is 13.0 Å². The molecular formula is C17H24N2. The van der Waals surface area contributed by atoms with Crippen molar-refractivity contribution in [3.05, 3.63) is 48.7 Å². The molecule has 1 aromatic carbocycles. The molecule has 0 unspecified atom stereocenters. The van der Waals surface area contributed by atoms with Gasteiger partial charge >= 0.3 is 0 Å². The Morgan fingerprint density at radius 2 is 2.11 bits per heavy atom. The van der Waals surface area contributed by atoms with E-state index in [0.29, 0.717) is 5.92 Å². The van der Waals surface area contributed by atoms with Gasteiger partial charge in [-0.25, -0.2) is 0 Å². The van der Waals surface area contributed by atoms with Crippen LogP contribution in [-0.4, -0.2) is 17.7 Å². The molecule has 0 saturated carbocycles. The molecule has 0 amide bonds. The highest BCUT2D eigenvalue weighted by Crippen LogP contribution is 2.21. The van der Waals surface area contributed by atoms with Crippen molar-refractivity contribution in [2.75, 3.05) is 13.1 Å². The molecule has 0 fully saturated rings. The van der Waals surface area contributed by atoms with E-state index in [-0.39, 0.29) is 0 Å². The lowest BCUT2D eigenvalue weighted by Gasteiger charge is -2.06. The number of nitrogens with one attached hydrogen (secondary N) is 1. The van der Waals surface area contributed by atoms with Crippen LogP contribution >= 0.6 is 0 Å². The van der Waals surface area contributed by atoms with Gasteiger partial charge in [0.2, 0.25) is 0 Å². The predicted molar refractivity (Wildman–Crippen MR) is 83.5 cm³/mol. The Labute approximate surface area is 116 Å². The molecule has 2 rings (SSSR count). The Balaban J connectivity index is 2.11. The van der Waals surface area contributed by atoms with Gasteiger partial charge in [-0.1, -0.05) is 38.1 Å². The van der Waals surface area contributed by atoms with E-state index in [9.17, 15) is 0 Å². The minimum atomic E-state index is 0.710. The van der Waals surface area contributed by atoms with Crippen molar-refractivity contribution in [1.29, 1.82) is 0 Å². The van der Waals surface area contributed by atoms with Crippen LogP contribution in [0.15, 0.2) is 43.1 Å². The van der Waals surface area contributed by atoms with Crippen LogP contribution in [0.5, 0.6) is 0 Å². The molecule has 0 atom stereocenters. The zero-order valence-corrected chi connectivity index (χ0v) is 12.0. The van der Waals surface area contributed by atoms with Crippen LogP contribution in [0.1, 0.15) is 19.4 Å². The van der Waals surface area contributed by atoms with Crippen LogP contribution in [0.25, 0.3) is 10.9 Å². The van der Waals surface area contributed by atoms with Gasteiger partial charge in [-0.3, -0.25) is 0 Å². The molecule has 2 nitrogen and oxygen atoms in total. The van der Waals surface area contributed by atoms with Crippen LogP contribution in [0.3, 0.4) is 0 Å². The van der Waals surface area contributed by atoms with Gasteiger partial charge in [0, 0.05) is 23.6 Å². The molecule has 0 radical (unpaired) electrons. The smallest absolute Gasteiger partial charge is 0.0486 e. The molecule has 0 bridgehead atoms. The molecule has 1 heterocycles. The van der Waals surface area contributed by atoms with E-state index in [2.05, 4.69) is 60.8 Å². The summed E-state index contributed by atoms with van der Waals surface area (Å²) >= 11 is 0. The van der Waals surface area contributed by atoms with Crippen molar-refractivity contribution in [2.24, 2.45) is 5.92 Å². The summed E-state index contributed by atoms with van der Waals surface area (Å²) in [7, 11) is 0. The fourth-order valence-electron chi connectivity index (χ4n) is 2.43. The lowest BCUT2D eigenvalue weighted by atomic mass is 10.1. The van der Waals surface area contributed by atoms with Gasteiger partial charge in [0.05, 0.1) is 0 Å². The first kappa shape index (κ1) is 13.9. The second-order valence-corrected chi connectivity index (χ2v) is 5.46. The molecule has 2 heteroatoms. The van der Waals surface area contributed by atoms with Crippen molar-refractivity contribution < 1.29 is 0 Å². The molecule has 2 aromatic rings. The Hall–Kier alpha value is -1.54. The van der Waals surface area contributed by atoms with Gasteiger partial charge in [-0.05, 0) is 37.1 Å². The summed E-state index contributed by atoms with van der Waals surface area (Å²) in [5, 5.41) is 4.88. The molecule has 1 N–H and O–H groups in total. The number of fused-ring (bicyclic) bond motifs is 1. The Morgan fingerprint density at radius 1 is 1.32 bits per heavy atom. The van der Waals surface area contributed by atoms with Gasteiger partial charge in [-0.15, -0.1) is 6.58 Å². The van der Waals surface area contributed by atoms with E-state index in [1.165, 1.54) is 16.5 Å². The Kier molecular flexibility index (Phi) is 4.80. The van der Waals surface area contributed by atoms with Gasteiger partial charge in [0.15, 0.2) is 0 Å². The molecule has 102 valence electrons. The molecule has 19 heavy (non-hydrogen) atoms. The second kappa shape index (κ2) is 6.58. The average molecular weight is 256 g/mol. The summed E-state index contributed by atoms with van der Waals surface area (Å²) in [6.45, 7) is 11.3. The normalized spacial score (nSPS) is 11.3. The maximum Gasteiger partial charge on any atom is 0.0486 e. The number of aromatic nitrogens is 1. The lowest BCUT2D eigenvalue weighted by molar-refractivity contribution is 0.554. The first-order chi connectivity index (χ1) is 9.22. The minimum Gasteiger partial charge on any atom is -0.343 e. The maximum atomic E-state index is 3.83. The van der Waals surface area contributed by atoms with Crippen LogP contribution in [0, 0.1) is 5.92 Å². The summed E-state index contributed by atoms with van der Waals surface area (Å²) in [5.41, 5.74) is 2.73. The van der Waals surface area contributed by atoms with Crippen molar-refractivity contribution >= 4 is 10.9 Å². The summed E-state index contributed by atoms with van der Waals surface area (Å²) in [6.07, 6.45) is 5.30. The van der Waals surface area contributed by atoms with Gasteiger partial charge in [-0.2, -0.15) is 0 Å². The summed E-state index contributed by atoms with van der Waals surface area (Å²) in [5.74, 6) is 0.710. The number of nitrogens with zero attached hydrogens (tertiary/aromatic N) is 1. The molecule has 1 aromatic heterocycles. The van der Waals surface area contributed by atoms with Gasteiger partial charge in [0.25, 0.3) is 0 Å². The molecule has 0 saturated heterocycles.